The third-order valence-electron chi connectivity index (χ3n) is 2.19. The smallest absolute Gasteiger partial charge is 0.323 e. The average molecular weight is 279 g/mol. The highest BCUT2D eigenvalue weighted by Crippen LogP contribution is 2.38. The molecule has 0 unspecified atom stereocenters. The molecule has 0 bridgehead atoms. The summed E-state index contributed by atoms with van der Waals surface area (Å²) in [5.74, 6) is -0.432. The van der Waals surface area contributed by atoms with E-state index in [-0.39, 0.29) is 18.0 Å². The summed E-state index contributed by atoms with van der Waals surface area (Å²) >= 11 is 3.23. The molecule has 1 fully saturated rings. The van der Waals surface area contributed by atoms with Gasteiger partial charge in [-0.05, 0) is 25.7 Å². The number of halogens is 1. The monoisotopic (exact) mass is 278 g/mol. The first kappa shape index (κ1) is 12.5. The minimum Gasteiger partial charge on any atom is -0.465 e. The van der Waals surface area contributed by atoms with Crippen LogP contribution < -0.4 is 0 Å². The topological polar surface area (TPSA) is 52.6 Å². The Balaban J connectivity index is 2.54. The number of ether oxygens (including phenoxy) is 2. The van der Waals surface area contributed by atoms with Crippen molar-refractivity contribution < 1.29 is 19.1 Å². The Bertz CT molecular complexity index is 250. The molecule has 0 aromatic heterocycles. The number of esters is 2. The molecule has 15 heavy (non-hydrogen) atoms. The largest absolute Gasteiger partial charge is 0.465 e. The van der Waals surface area contributed by atoms with E-state index in [1.54, 1.807) is 6.92 Å². The molecule has 2 atom stereocenters. The number of rotatable bonds is 5. The summed E-state index contributed by atoms with van der Waals surface area (Å²) < 4.78 is 9.98. The number of alkyl halides is 1. The van der Waals surface area contributed by atoms with Gasteiger partial charge in [0.05, 0.1) is 6.61 Å². The van der Waals surface area contributed by atoms with E-state index in [4.69, 9.17) is 9.47 Å². The van der Waals surface area contributed by atoms with Crippen LogP contribution in [0.25, 0.3) is 0 Å². The molecule has 0 saturated heterocycles. The second-order valence-electron chi connectivity index (χ2n) is 3.57. The zero-order chi connectivity index (χ0) is 11.4. The summed E-state index contributed by atoms with van der Waals surface area (Å²) in [4.78, 5) is 21.8. The van der Waals surface area contributed by atoms with Gasteiger partial charge in [0.25, 0.3) is 0 Å². The molecule has 1 aliphatic rings. The molecule has 0 spiro atoms. The van der Waals surface area contributed by atoms with Crippen LogP contribution in [0.15, 0.2) is 0 Å². The molecule has 0 radical (unpaired) electrons. The van der Waals surface area contributed by atoms with Gasteiger partial charge in [0, 0.05) is 6.92 Å². The lowest BCUT2D eigenvalue weighted by Gasteiger charge is -2.20. The van der Waals surface area contributed by atoms with Crippen LogP contribution in [-0.4, -0.2) is 29.5 Å². The van der Waals surface area contributed by atoms with Gasteiger partial charge in [0.1, 0.15) is 10.9 Å². The standard InChI is InChI=1S/C10H15BrO4/c1-3-14-10(13)8(11)9(7-4-5-7)15-6(2)12/h7-9H,3-5H2,1-2H3/t8-,9-/m1/s1. The molecule has 0 heterocycles. The maximum atomic E-state index is 11.4. The van der Waals surface area contributed by atoms with Crippen molar-refractivity contribution in [2.24, 2.45) is 5.92 Å². The van der Waals surface area contributed by atoms with E-state index in [0.29, 0.717) is 12.5 Å². The Morgan fingerprint density at radius 2 is 2.07 bits per heavy atom. The quantitative estimate of drug-likeness (QED) is 0.567. The van der Waals surface area contributed by atoms with Crippen molar-refractivity contribution >= 4 is 27.9 Å². The second kappa shape index (κ2) is 5.49. The SMILES string of the molecule is CCOC(=O)[C@H](Br)[C@H](OC(C)=O)C1CC1. The van der Waals surface area contributed by atoms with E-state index in [2.05, 4.69) is 15.9 Å². The molecule has 1 saturated carbocycles. The molecule has 1 aliphatic carbocycles. The summed E-state index contributed by atoms with van der Waals surface area (Å²) in [6.07, 6.45) is 1.61. The summed E-state index contributed by atoms with van der Waals surface area (Å²) in [5, 5.41) is 0. The third-order valence-corrected chi connectivity index (χ3v) is 3.08. The number of carbonyl (C=O) groups is 2. The predicted molar refractivity (Wildman–Crippen MR) is 57.6 cm³/mol. The first-order valence-corrected chi connectivity index (χ1v) is 5.95. The van der Waals surface area contributed by atoms with Gasteiger partial charge in [0.15, 0.2) is 0 Å². The second-order valence-corrected chi connectivity index (χ2v) is 4.55. The molecule has 4 nitrogen and oxygen atoms in total. The predicted octanol–water partition coefficient (Wildman–Crippen LogP) is 1.65. The van der Waals surface area contributed by atoms with Crippen LogP contribution in [0.3, 0.4) is 0 Å². The lowest BCUT2D eigenvalue weighted by molar-refractivity contribution is -0.153. The Morgan fingerprint density at radius 1 is 1.47 bits per heavy atom. The van der Waals surface area contributed by atoms with Crippen LogP contribution >= 0.6 is 15.9 Å². The van der Waals surface area contributed by atoms with Crippen LogP contribution in [0.1, 0.15) is 26.7 Å². The summed E-state index contributed by atoms with van der Waals surface area (Å²) in [6, 6.07) is 0. The van der Waals surface area contributed by atoms with Crippen LogP contribution in [0.2, 0.25) is 0 Å². The Labute approximate surface area is 97.4 Å². The fourth-order valence-corrected chi connectivity index (χ4v) is 2.04. The normalized spacial score (nSPS) is 19.1. The molecular formula is C10H15BrO4. The number of hydrogen-bond acceptors (Lipinski definition) is 4. The van der Waals surface area contributed by atoms with Gasteiger partial charge < -0.3 is 9.47 Å². The molecular weight excluding hydrogens is 264 g/mol. The van der Waals surface area contributed by atoms with E-state index < -0.39 is 4.83 Å². The maximum absolute atomic E-state index is 11.4. The highest BCUT2D eigenvalue weighted by Gasteiger charge is 2.41. The van der Waals surface area contributed by atoms with Crippen molar-refractivity contribution in [2.75, 3.05) is 6.61 Å². The molecule has 0 amide bonds. The van der Waals surface area contributed by atoms with Crippen molar-refractivity contribution in [1.29, 1.82) is 0 Å². The average Bonchev–Trinajstić information content (AvgIpc) is 2.96. The van der Waals surface area contributed by atoms with E-state index in [9.17, 15) is 9.59 Å². The summed E-state index contributed by atoms with van der Waals surface area (Å²) in [7, 11) is 0. The molecule has 0 aliphatic heterocycles. The minimum atomic E-state index is -0.547. The molecule has 1 rings (SSSR count). The van der Waals surface area contributed by atoms with Crippen molar-refractivity contribution in [3.8, 4) is 0 Å². The lowest BCUT2D eigenvalue weighted by atomic mass is 10.1. The summed E-state index contributed by atoms with van der Waals surface area (Å²) in [6.45, 7) is 3.42. The fraction of sp³-hybridized carbons (Fsp3) is 0.800. The van der Waals surface area contributed by atoms with Gasteiger partial charge in [-0.3, -0.25) is 9.59 Å². The molecule has 0 N–H and O–H groups in total. The highest BCUT2D eigenvalue weighted by atomic mass is 79.9. The van der Waals surface area contributed by atoms with Crippen molar-refractivity contribution in [3.05, 3.63) is 0 Å². The van der Waals surface area contributed by atoms with Crippen LogP contribution in [-0.2, 0) is 19.1 Å². The molecule has 5 heteroatoms. The van der Waals surface area contributed by atoms with E-state index >= 15 is 0 Å². The zero-order valence-corrected chi connectivity index (χ0v) is 10.5. The van der Waals surface area contributed by atoms with Crippen molar-refractivity contribution in [2.45, 2.75) is 37.6 Å². The molecule has 0 aromatic rings. The van der Waals surface area contributed by atoms with Gasteiger partial charge in [-0.25, -0.2) is 0 Å². The van der Waals surface area contributed by atoms with E-state index in [0.717, 1.165) is 12.8 Å². The molecule has 86 valence electrons. The Hall–Kier alpha value is -0.580. The van der Waals surface area contributed by atoms with Crippen LogP contribution in [0, 0.1) is 5.92 Å². The lowest BCUT2D eigenvalue weighted by Crippen LogP contribution is -2.35. The Morgan fingerprint density at radius 3 is 2.47 bits per heavy atom. The van der Waals surface area contributed by atoms with Crippen LogP contribution in [0.5, 0.6) is 0 Å². The van der Waals surface area contributed by atoms with Gasteiger partial charge >= 0.3 is 11.9 Å². The first-order valence-electron chi connectivity index (χ1n) is 5.04. The van der Waals surface area contributed by atoms with Gasteiger partial charge in [0.2, 0.25) is 0 Å². The van der Waals surface area contributed by atoms with Gasteiger partial charge in [-0.2, -0.15) is 0 Å². The van der Waals surface area contributed by atoms with Gasteiger partial charge in [-0.15, -0.1) is 0 Å². The van der Waals surface area contributed by atoms with E-state index in [1.165, 1.54) is 6.92 Å². The fourth-order valence-electron chi connectivity index (χ4n) is 1.37. The highest BCUT2D eigenvalue weighted by molar-refractivity contribution is 9.10. The van der Waals surface area contributed by atoms with Gasteiger partial charge in [-0.1, -0.05) is 15.9 Å². The van der Waals surface area contributed by atoms with Crippen LogP contribution in [0.4, 0.5) is 0 Å². The van der Waals surface area contributed by atoms with Crippen molar-refractivity contribution in [1.82, 2.24) is 0 Å². The third kappa shape index (κ3) is 3.81. The first-order chi connectivity index (χ1) is 7.06. The van der Waals surface area contributed by atoms with E-state index in [1.807, 2.05) is 0 Å². The number of carbonyl (C=O) groups excluding carboxylic acids is 2. The zero-order valence-electron chi connectivity index (χ0n) is 8.86. The number of hydrogen-bond donors (Lipinski definition) is 0. The maximum Gasteiger partial charge on any atom is 0.323 e. The molecule has 0 aromatic carbocycles. The summed E-state index contributed by atoms with van der Waals surface area (Å²) in [5.41, 5.74) is 0. The minimum absolute atomic E-state index is 0.294. The Kier molecular flexibility index (Phi) is 4.57. The van der Waals surface area contributed by atoms with Crippen molar-refractivity contribution in [3.63, 3.8) is 0 Å².